The summed E-state index contributed by atoms with van der Waals surface area (Å²) < 4.78 is 10.7. The van der Waals surface area contributed by atoms with Gasteiger partial charge in [0.05, 0.1) is 38.9 Å². The maximum Gasteiger partial charge on any atom is 0.253 e. The predicted molar refractivity (Wildman–Crippen MR) is 126 cm³/mol. The largest absolute Gasteiger partial charge is 0.493 e. The third-order valence-corrected chi connectivity index (χ3v) is 5.46. The molecule has 3 N–H and O–H groups in total. The summed E-state index contributed by atoms with van der Waals surface area (Å²) in [5, 5.41) is 14.1. The Hall–Kier alpha value is -3.10. The lowest BCUT2D eigenvalue weighted by Gasteiger charge is -2.27. The van der Waals surface area contributed by atoms with E-state index in [1.165, 1.54) is 0 Å². The van der Waals surface area contributed by atoms with Gasteiger partial charge < -0.3 is 29.8 Å². The van der Waals surface area contributed by atoms with Gasteiger partial charge in [-0.2, -0.15) is 0 Å². The first-order valence-corrected chi connectivity index (χ1v) is 10.4. The number of aliphatic hydroxyl groups excluding tert-OH is 1. The molecule has 1 atom stereocenters. The minimum Gasteiger partial charge on any atom is -0.493 e. The average molecular weight is 442 g/mol. The number of methoxy groups -OCH3 is 2. The van der Waals surface area contributed by atoms with Crippen LogP contribution < -0.4 is 20.3 Å². The fourth-order valence-corrected chi connectivity index (χ4v) is 3.71. The average Bonchev–Trinajstić information content (AvgIpc) is 2.78. The Kier molecular flexibility index (Phi) is 7.49. The van der Waals surface area contributed by atoms with Crippen molar-refractivity contribution in [1.29, 1.82) is 0 Å². The van der Waals surface area contributed by atoms with Crippen molar-refractivity contribution in [3.63, 3.8) is 0 Å². The van der Waals surface area contributed by atoms with Crippen LogP contribution in [0.1, 0.15) is 24.1 Å². The number of thiocarbonyl (C=S) groups is 1. The van der Waals surface area contributed by atoms with E-state index < -0.39 is 0 Å². The molecule has 3 rings (SSSR count). The second kappa shape index (κ2) is 10.3. The van der Waals surface area contributed by atoms with Crippen LogP contribution in [0.4, 0.5) is 0 Å². The number of hydrogen-bond donors (Lipinski definition) is 3. The van der Waals surface area contributed by atoms with Gasteiger partial charge in [0.25, 0.3) is 5.56 Å². The van der Waals surface area contributed by atoms with Crippen LogP contribution in [0.5, 0.6) is 11.5 Å². The molecule has 0 bridgehead atoms. The maximum atomic E-state index is 12.7. The number of aromatic nitrogens is 1. The molecule has 31 heavy (non-hydrogen) atoms. The molecule has 0 radical (unpaired) electrons. The normalized spacial score (nSPS) is 11.7. The minimum absolute atomic E-state index is 0.0125. The van der Waals surface area contributed by atoms with Crippen LogP contribution in [0.15, 0.2) is 53.3 Å². The van der Waals surface area contributed by atoms with Crippen molar-refractivity contribution in [3.8, 4) is 11.5 Å². The zero-order valence-corrected chi connectivity index (χ0v) is 18.7. The fourth-order valence-electron chi connectivity index (χ4n) is 3.38. The van der Waals surface area contributed by atoms with Crippen LogP contribution in [0.3, 0.4) is 0 Å². The van der Waals surface area contributed by atoms with Crippen molar-refractivity contribution in [2.24, 2.45) is 0 Å². The number of nitrogens with one attached hydrogen (secondary N) is 2. The van der Waals surface area contributed by atoms with E-state index in [1.54, 1.807) is 25.2 Å². The molecular weight excluding hydrogens is 414 g/mol. The minimum atomic E-state index is -0.221. The van der Waals surface area contributed by atoms with Gasteiger partial charge in [-0.1, -0.05) is 30.3 Å². The highest BCUT2D eigenvalue weighted by molar-refractivity contribution is 7.80. The number of benzene rings is 2. The quantitative estimate of drug-likeness (QED) is 0.463. The lowest BCUT2D eigenvalue weighted by atomic mass is 10.1. The highest BCUT2D eigenvalue weighted by Gasteiger charge is 2.16. The maximum absolute atomic E-state index is 12.7. The molecule has 0 spiro atoms. The van der Waals surface area contributed by atoms with Crippen LogP contribution in [-0.2, 0) is 6.54 Å². The van der Waals surface area contributed by atoms with Crippen LogP contribution in [0, 0.1) is 0 Å². The van der Waals surface area contributed by atoms with Crippen molar-refractivity contribution in [1.82, 2.24) is 15.2 Å². The molecule has 0 unspecified atom stereocenters. The van der Waals surface area contributed by atoms with Crippen LogP contribution in [0.2, 0.25) is 0 Å². The Balaban J connectivity index is 1.85. The summed E-state index contributed by atoms with van der Waals surface area (Å²) in [5.74, 6) is 1.12. The molecule has 7 nitrogen and oxygen atoms in total. The molecule has 0 aliphatic carbocycles. The van der Waals surface area contributed by atoms with E-state index in [0.717, 1.165) is 10.9 Å². The second-order valence-electron chi connectivity index (χ2n) is 7.15. The number of fused-ring (bicyclic) bond motifs is 1. The molecule has 2 aromatic carbocycles. The van der Waals surface area contributed by atoms with Crippen molar-refractivity contribution in [2.75, 3.05) is 27.4 Å². The summed E-state index contributed by atoms with van der Waals surface area (Å²) in [4.78, 5) is 17.4. The predicted octanol–water partition coefficient (Wildman–Crippen LogP) is 2.98. The van der Waals surface area contributed by atoms with Gasteiger partial charge in [0.1, 0.15) is 0 Å². The second-order valence-corrected chi connectivity index (χ2v) is 7.53. The Morgan fingerprint density at radius 1 is 1.16 bits per heavy atom. The van der Waals surface area contributed by atoms with Crippen molar-refractivity contribution >= 4 is 28.2 Å². The first-order chi connectivity index (χ1) is 15.0. The zero-order valence-electron chi connectivity index (χ0n) is 17.8. The van der Waals surface area contributed by atoms with Crippen molar-refractivity contribution in [3.05, 3.63) is 70.0 Å². The molecule has 0 fully saturated rings. The van der Waals surface area contributed by atoms with E-state index in [4.69, 9.17) is 21.7 Å². The van der Waals surface area contributed by atoms with Gasteiger partial charge in [-0.3, -0.25) is 4.79 Å². The molecule has 8 heteroatoms. The zero-order chi connectivity index (χ0) is 22.4. The van der Waals surface area contributed by atoms with Gasteiger partial charge in [-0.25, -0.2) is 0 Å². The molecule has 0 saturated carbocycles. The number of pyridine rings is 1. The van der Waals surface area contributed by atoms with E-state index in [2.05, 4.69) is 10.3 Å². The number of rotatable bonds is 8. The summed E-state index contributed by atoms with van der Waals surface area (Å²) in [6.45, 7) is 2.49. The van der Waals surface area contributed by atoms with Gasteiger partial charge >= 0.3 is 0 Å². The molecular formula is C23H27N3O4S. The summed E-state index contributed by atoms with van der Waals surface area (Å²) >= 11 is 5.58. The summed E-state index contributed by atoms with van der Waals surface area (Å²) in [5.41, 5.74) is 2.06. The molecule has 3 aromatic rings. The van der Waals surface area contributed by atoms with Gasteiger partial charge in [0.15, 0.2) is 16.6 Å². The van der Waals surface area contributed by atoms with E-state index in [-0.39, 0.29) is 24.8 Å². The number of H-pyrrole nitrogens is 1. The SMILES string of the molecule is COc1cc2cc(CN(CCO)C(=S)N[C@H](C)c3ccccc3)c(=O)[nH]c2cc1OC. The number of aliphatic hydroxyl groups is 1. The standard InChI is InChI=1S/C23H27N3O4S/c1-15(16-7-5-4-6-8-16)24-23(31)26(9-10-27)14-18-11-17-12-20(29-2)21(30-3)13-19(17)25-22(18)28/h4-8,11-13,15,27H,9-10,14H2,1-3H3,(H,24,31)(H,25,28)/t15-/m1/s1. The first kappa shape index (κ1) is 22.6. The third-order valence-electron chi connectivity index (χ3n) is 5.08. The molecule has 1 aromatic heterocycles. The summed E-state index contributed by atoms with van der Waals surface area (Å²) in [7, 11) is 3.12. The molecule has 1 heterocycles. The Morgan fingerprint density at radius 2 is 1.84 bits per heavy atom. The fraction of sp³-hybridized carbons (Fsp3) is 0.304. The lowest BCUT2D eigenvalue weighted by Crippen LogP contribution is -2.42. The first-order valence-electron chi connectivity index (χ1n) is 9.96. The van der Waals surface area contributed by atoms with Crippen molar-refractivity contribution in [2.45, 2.75) is 19.5 Å². The highest BCUT2D eigenvalue weighted by atomic mass is 32.1. The number of ether oxygens (including phenoxy) is 2. The number of nitrogens with zero attached hydrogens (tertiary/aromatic N) is 1. The van der Waals surface area contributed by atoms with Gasteiger partial charge in [-0.05, 0) is 36.8 Å². The number of aromatic amines is 1. The van der Waals surface area contributed by atoms with E-state index in [0.29, 0.717) is 34.2 Å². The molecule has 0 aliphatic heterocycles. The van der Waals surface area contributed by atoms with Crippen LogP contribution in [-0.4, -0.2) is 47.5 Å². The van der Waals surface area contributed by atoms with Gasteiger partial charge in [0, 0.05) is 23.6 Å². The third kappa shape index (κ3) is 5.34. The summed E-state index contributed by atoms with van der Waals surface area (Å²) in [6, 6.07) is 15.3. The van der Waals surface area contributed by atoms with Gasteiger partial charge in [-0.15, -0.1) is 0 Å². The number of hydrogen-bond acceptors (Lipinski definition) is 5. The molecule has 0 saturated heterocycles. The Morgan fingerprint density at radius 3 is 2.48 bits per heavy atom. The molecule has 0 amide bonds. The van der Waals surface area contributed by atoms with Crippen molar-refractivity contribution < 1.29 is 14.6 Å². The molecule has 0 aliphatic rings. The van der Waals surface area contributed by atoms with Crippen LogP contribution >= 0.6 is 12.2 Å². The Bertz CT molecular complexity index is 1100. The van der Waals surface area contributed by atoms with E-state index in [1.807, 2.05) is 49.4 Å². The van der Waals surface area contributed by atoms with E-state index >= 15 is 0 Å². The highest BCUT2D eigenvalue weighted by Crippen LogP contribution is 2.31. The smallest absolute Gasteiger partial charge is 0.253 e. The topological polar surface area (TPSA) is 86.8 Å². The monoisotopic (exact) mass is 441 g/mol. The molecule has 164 valence electrons. The van der Waals surface area contributed by atoms with Gasteiger partial charge in [0.2, 0.25) is 0 Å². The lowest BCUT2D eigenvalue weighted by molar-refractivity contribution is 0.244. The van der Waals surface area contributed by atoms with Crippen LogP contribution in [0.25, 0.3) is 10.9 Å². The van der Waals surface area contributed by atoms with E-state index in [9.17, 15) is 9.90 Å². The Labute approximate surface area is 186 Å². The summed E-state index contributed by atoms with van der Waals surface area (Å²) in [6.07, 6.45) is 0.